The molecule has 2 heterocycles. The molecule has 6 heteroatoms. The Morgan fingerprint density at radius 2 is 1.23 bits per heavy atom. The van der Waals surface area contributed by atoms with Crippen LogP contribution >= 0.6 is 22.6 Å². The third-order valence-electron chi connectivity index (χ3n) is 5.03. The van der Waals surface area contributed by atoms with Crippen molar-refractivity contribution in [3.05, 3.63) is 6.92 Å². The first-order chi connectivity index (χ1) is 11.6. The molecule has 0 aliphatic carbocycles. The molecule has 0 aromatic rings. The largest absolute Gasteiger partial charge is 0.369 e. The minimum atomic E-state index is -0.244. The summed E-state index contributed by atoms with van der Waals surface area (Å²) in [4.78, 5) is 15.6. The molecule has 2 aliphatic heterocycles. The van der Waals surface area contributed by atoms with Crippen LogP contribution in [0.3, 0.4) is 0 Å². The number of piperidine rings is 2. The molecule has 0 aromatic carbocycles. The Kier molecular flexibility index (Phi) is 20.1. The van der Waals surface area contributed by atoms with Crippen LogP contribution in [0.4, 0.5) is 0 Å². The van der Waals surface area contributed by atoms with Gasteiger partial charge in [-0.1, -0.05) is 50.3 Å². The van der Waals surface area contributed by atoms with Gasteiger partial charge in [0.05, 0.1) is 0 Å². The van der Waals surface area contributed by atoms with Crippen molar-refractivity contribution in [1.29, 1.82) is 0 Å². The van der Waals surface area contributed by atoms with Gasteiger partial charge in [0.1, 0.15) is 0 Å². The minimum Gasteiger partial charge on any atom is -0.369 e. The second-order valence-corrected chi connectivity index (χ2v) is 9.49. The van der Waals surface area contributed by atoms with Crippen molar-refractivity contribution >= 4 is 28.5 Å². The van der Waals surface area contributed by atoms with Gasteiger partial charge in [-0.2, -0.15) is 6.92 Å². The Labute approximate surface area is 189 Å². The van der Waals surface area contributed by atoms with Crippen molar-refractivity contribution in [1.82, 2.24) is 9.80 Å². The van der Waals surface area contributed by atoms with Crippen LogP contribution in [0.25, 0.3) is 0 Å². The summed E-state index contributed by atoms with van der Waals surface area (Å²) in [6.07, 6.45) is 4.53. The van der Waals surface area contributed by atoms with Gasteiger partial charge in [-0.15, -0.1) is 0 Å². The first-order valence-corrected chi connectivity index (χ1v) is 11.0. The standard InChI is InChI=1S/C8H16N2O.C8H17N.C2H5I.C2H5.V/c1-8(7(9)11)3-5-10(2)6-4-8;1-8(2)4-6-9(3)7-5-8;1-2-3;1-2;/h3-6H2,1-2H3,(H2,9,11);4-7H2,1-3H3;2H2,1H3;1H2,2H3;/q;;;-1;. The number of carbonyl (C=O) groups excluding carboxylic acids is 1. The topological polar surface area (TPSA) is 49.6 Å². The Morgan fingerprint density at radius 1 is 0.962 bits per heavy atom. The number of hydrogen-bond donors (Lipinski definition) is 1. The van der Waals surface area contributed by atoms with Gasteiger partial charge in [0.25, 0.3) is 0 Å². The van der Waals surface area contributed by atoms with Crippen molar-refractivity contribution in [2.24, 2.45) is 16.6 Å². The summed E-state index contributed by atoms with van der Waals surface area (Å²) in [5, 5.41) is 0. The van der Waals surface area contributed by atoms with Crippen LogP contribution in [-0.2, 0) is 23.4 Å². The van der Waals surface area contributed by atoms with Gasteiger partial charge in [0, 0.05) is 24.0 Å². The molecule has 0 bridgehead atoms. The van der Waals surface area contributed by atoms with E-state index in [9.17, 15) is 4.79 Å². The fraction of sp³-hybridized carbons (Fsp3) is 0.900. The molecule has 2 N–H and O–H groups in total. The third-order valence-corrected chi connectivity index (χ3v) is 5.03. The Balaban J connectivity index is -0.000000320. The molecule has 1 radical (unpaired) electrons. The van der Waals surface area contributed by atoms with Crippen LogP contribution in [0.2, 0.25) is 0 Å². The predicted molar refractivity (Wildman–Crippen MR) is 120 cm³/mol. The number of nitrogens with two attached hydrogens (primary N) is 1. The third kappa shape index (κ3) is 14.7. The smallest absolute Gasteiger partial charge is 0.223 e. The molecule has 0 saturated carbocycles. The molecule has 2 aliphatic rings. The van der Waals surface area contributed by atoms with Gasteiger partial charge in [0.15, 0.2) is 0 Å². The van der Waals surface area contributed by atoms with Crippen LogP contribution < -0.4 is 5.73 Å². The van der Waals surface area contributed by atoms with Crippen LogP contribution in [0.15, 0.2) is 0 Å². The summed E-state index contributed by atoms with van der Waals surface area (Å²) in [5.74, 6) is -0.148. The predicted octanol–water partition coefficient (Wildman–Crippen LogP) is 4.22. The number of carbonyl (C=O) groups is 1. The van der Waals surface area contributed by atoms with Crippen molar-refractivity contribution in [3.63, 3.8) is 0 Å². The van der Waals surface area contributed by atoms with E-state index in [2.05, 4.69) is 74.2 Å². The normalized spacial score (nSPS) is 21.3. The zero-order chi connectivity index (χ0) is 20.1. The van der Waals surface area contributed by atoms with Crippen LogP contribution in [0, 0.1) is 17.8 Å². The van der Waals surface area contributed by atoms with Crippen molar-refractivity contribution in [3.8, 4) is 0 Å². The zero-order valence-electron chi connectivity index (χ0n) is 18.3. The summed E-state index contributed by atoms with van der Waals surface area (Å²) in [5.41, 5.74) is 5.66. The maximum atomic E-state index is 11.0. The van der Waals surface area contributed by atoms with Crippen molar-refractivity contribution in [2.75, 3.05) is 44.7 Å². The van der Waals surface area contributed by atoms with E-state index < -0.39 is 0 Å². The number of nitrogens with zero attached hydrogens (tertiary/aromatic N) is 2. The zero-order valence-corrected chi connectivity index (χ0v) is 21.8. The summed E-state index contributed by atoms with van der Waals surface area (Å²) in [6, 6.07) is 0. The number of rotatable bonds is 1. The molecule has 2 rings (SSSR count). The quantitative estimate of drug-likeness (QED) is 0.321. The average Bonchev–Trinajstić information content (AvgIpc) is 2.56. The molecular weight excluding hydrogens is 476 g/mol. The fourth-order valence-corrected chi connectivity index (χ4v) is 2.58. The van der Waals surface area contributed by atoms with Gasteiger partial charge in [-0.25, -0.2) is 0 Å². The molecule has 2 saturated heterocycles. The maximum Gasteiger partial charge on any atom is 0.223 e. The summed E-state index contributed by atoms with van der Waals surface area (Å²) >= 11 is 2.29. The molecule has 4 nitrogen and oxygen atoms in total. The fourth-order valence-electron chi connectivity index (χ4n) is 2.58. The van der Waals surface area contributed by atoms with E-state index in [0.29, 0.717) is 5.41 Å². The Morgan fingerprint density at radius 3 is 1.46 bits per heavy atom. The van der Waals surface area contributed by atoms with Gasteiger partial charge in [-0.05, 0) is 75.8 Å². The second-order valence-electron chi connectivity index (χ2n) is 7.96. The number of likely N-dealkylation sites (tertiary alicyclic amines) is 2. The molecule has 2 fully saturated rings. The maximum absolute atomic E-state index is 11.0. The van der Waals surface area contributed by atoms with E-state index >= 15 is 0 Å². The van der Waals surface area contributed by atoms with E-state index in [1.165, 1.54) is 30.4 Å². The first-order valence-electron chi connectivity index (χ1n) is 9.50. The summed E-state index contributed by atoms with van der Waals surface area (Å²) in [7, 11) is 4.27. The van der Waals surface area contributed by atoms with E-state index in [1.807, 2.05) is 6.92 Å². The Bertz CT molecular complexity index is 336. The van der Waals surface area contributed by atoms with E-state index in [4.69, 9.17) is 5.73 Å². The van der Waals surface area contributed by atoms with Gasteiger partial charge >= 0.3 is 0 Å². The molecule has 0 unspecified atom stereocenters. The molecular formula is C20H43IN3OV-. The van der Waals surface area contributed by atoms with E-state index in [-0.39, 0.29) is 29.9 Å². The Hall–Kier alpha value is 0.704. The number of halogens is 1. The van der Waals surface area contributed by atoms with Crippen LogP contribution in [0.5, 0.6) is 0 Å². The molecule has 157 valence electrons. The number of amides is 1. The number of primary amides is 1. The SMILES string of the molecule is CCI.CN1CCC(C)(C(N)=O)CC1.CN1CCC(C)(C)CC1.[CH2-]C.[V]. The second kappa shape index (κ2) is 16.6. The van der Waals surface area contributed by atoms with Crippen LogP contribution in [-0.4, -0.2) is 60.4 Å². The molecule has 26 heavy (non-hydrogen) atoms. The average molecular weight is 519 g/mol. The van der Waals surface area contributed by atoms with Gasteiger partial charge in [0.2, 0.25) is 5.91 Å². The van der Waals surface area contributed by atoms with Crippen molar-refractivity contribution < 1.29 is 23.4 Å². The monoisotopic (exact) mass is 519 g/mol. The number of alkyl halides is 1. The van der Waals surface area contributed by atoms with Crippen molar-refractivity contribution in [2.45, 2.75) is 60.3 Å². The molecule has 0 atom stereocenters. The summed E-state index contributed by atoms with van der Waals surface area (Å²) < 4.78 is 1.22. The van der Waals surface area contributed by atoms with Gasteiger partial charge in [-0.3, -0.25) is 4.79 Å². The van der Waals surface area contributed by atoms with Crippen LogP contribution in [0.1, 0.15) is 60.3 Å². The first kappa shape index (κ1) is 31.4. The van der Waals surface area contributed by atoms with E-state index in [1.54, 1.807) is 6.92 Å². The summed E-state index contributed by atoms with van der Waals surface area (Å²) in [6.45, 7) is 18.3. The molecule has 0 spiro atoms. The molecule has 0 aromatic heterocycles. The molecule has 1 amide bonds. The minimum absolute atomic E-state index is 0. The van der Waals surface area contributed by atoms with Gasteiger partial charge < -0.3 is 22.5 Å². The number of hydrogen-bond acceptors (Lipinski definition) is 3. The van der Waals surface area contributed by atoms with E-state index in [0.717, 1.165) is 25.9 Å².